The van der Waals surface area contributed by atoms with Crippen LogP contribution in [0.15, 0.2) is 42.0 Å². The standard InChI is InChI=1S/C17H26N2/c1-17(2,3)15-9-12-19(13-10-15)14-11-18-16-7-5-4-6-8-16/h4-9,18H,10-14H2,1-3H3. The minimum Gasteiger partial charge on any atom is -0.384 e. The monoisotopic (exact) mass is 258 g/mol. The Kier molecular flexibility index (Phi) is 4.65. The van der Waals surface area contributed by atoms with Crippen LogP contribution in [0, 0.1) is 5.41 Å². The second kappa shape index (κ2) is 6.25. The van der Waals surface area contributed by atoms with E-state index >= 15 is 0 Å². The summed E-state index contributed by atoms with van der Waals surface area (Å²) in [5.74, 6) is 0. The molecule has 1 aliphatic rings. The van der Waals surface area contributed by atoms with Gasteiger partial charge in [-0.1, -0.05) is 50.6 Å². The van der Waals surface area contributed by atoms with Gasteiger partial charge in [-0.05, 0) is 24.0 Å². The van der Waals surface area contributed by atoms with E-state index in [1.165, 1.54) is 18.7 Å². The van der Waals surface area contributed by atoms with Gasteiger partial charge in [0.15, 0.2) is 0 Å². The minimum absolute atomic E-state index is 0.342. The number of rotatable bonds is 4. The van der Waals surface area contributed by atoms with Gasteiger partial charge in [-0.25, -0.2) is 0 Å². The Hall–Kier alpha value is -1.28. The smallest absolute Gasteiger partial charge is 0.0340 e. The third-order valence-electron chi connectivity index (χ3n) is 3.79. The quantitative estimate of drug-likeness (QED) is 0.827. The molecule has 1 aromatic rings. The Morgan fingerprint density at radius 3 is 2.47 bits per heavy atom. The number of hydrogen-bond donors (Lipinski definition) is 1. The Morgan fingerprint density at radius 2 is 1.89 bits per heavy atom. The molecular weight excluding hydrogens is 232 g/mol. The molecule has 0 fully saturated rings. The molecule has 0 amide bonds. The van der Waals surface area contributed by atoms with Gasteiger partial charge in [0, 0.05) is 31.9 Å². The average molecular weight is 258 g/mol. The van der Waals surface area contributed by atoms with Crippen LogP contribution in [0.2, 0.25) is 0 Å². The molecule has 0 atom stereocenters. The molecule has 0 aliphatic carbocycles. The van der Waals surface area contributed by atoms with Crippen LogP contribution in [0.4, 0.5) is 5.69 Å². The van der Waals surface area contributed by atoms with Gasteiger partial charge in [0.1, 0.15) is 0 Å². The maximum absolute atomic E-state index is 3.47. The highest BCUT2D eigenvalue weighted by Crippen LogP contribution is 2.29. The number of anilines is 1. The molecule has 0 aromatic heterocycles. The number of nitrogens with zero attached hydrogens (tertiary/aromatic N) is 1. The van der Waals surface area contributed by atoms with E-state index in [-0.39, 0.29) is 0 Å². The SMILES string of the molecule is CC(C)(C)C1=CCN(CCNc2ccccc2)CC1. The van der Waals surface area contributed by atoms with Gasteiger partial charge in [-0.2, -0.15) is 0 Å². The summed E-state index contributed by atoms with van der Waals surface area (Å²) in [7, 11) is 0. The van der Waals surface area contributed by atoms with E-state index in [0.717, 1.165) is 19.6 Å². The van der Waals surface area contributed by atoms with Crippen LogP contribution >= 0.6 is 0 Å². The molecule has 2 heteroatoms. The van der Waals surface area contributed by atoms with Crippen LogP contribution in [0.1, 0.15) is 27.2 Å². The second-order valence-electron chi connectivity index (χ2n) is 6.32. The Morgan fingerprint density at radius 1 is 1.16 bits per heavy atom. The molecule has 0 unspecified atom stereocenters. The van der Waals surface area contributed by atoms with E-state index in [1.54, 1.807) is 5.57 Å². The van der Waals surface area contributed by atoms with Gasteiger partial charge in [-0.3, -0.25) is 4.90 Å². The summed E-state index contributed by atoms with van der Waals surface area (Å²) in [6.45, 7) is 11.4. The summed E-state index contributed by atoms with van der Waals surface area (Å²) in [5.41, 5.74) is 3.17. The normalized spacial score (nSPS) is 17.1. The third kappa shape index (κ3) is 4.39. The fourth-order valence-corrected chi connectivity index (χ4v) is 2.51. The van der Waals surface area contributed by atoms with Crippen LogP contribution in [-0.4, -0.2) is 31.1 Å². The van der Waals surface area contributed by atoms with E-state index in [0.29, 0.717) is 5.41 Å². The first-order valence-corrected chi connectivity index (χ1v) is 7.26. The molecule has 2 nitrogen and oxygen atoms in total. The highest BCUT2D eigenvalue weighted by molar-refractivity contribution is 5.42. The van der Waals surface area contributed by atoms with Gasteiger partial charge in [0.05, 0.1) is 0 Å². The van der Waals surface area contributed by atoms with Crippen molar-refractivity contribution in [2.75, 3.05) is 31.5 Å². The average Bonchev–Trinajstić information content (AvgIpc) is 2.39. The summed E-state index contributed by atoms with van der Waals surface area (Å²) >= 11 is 0. The molecule has 1 heterocycles. The lowest BCUT2D eigenvalue weighted by atomic mass is 9.83. The van der Waals surface area contributed by atoms with Crippen LogP contribution in [0.25, 0.3) is 0 Å². The van der Waals surface area contributed by atoms with E-state index in [4.69, 9.17) is 0 Å². The number of para-hydroxylation sites is 1. The van der Waals surface area contributed by atoms with Crippen LogP contribution < -0.4 is 5.32 Å². The van der Waals surface area contributed by atoms with E-state index < -0.39 is 0 Å². The Labute approximate surface area is 117 Å². The predicted octanol–water partition coefficient (Wildman–Crippen LogP) is 3.78. The predicted molar refractivity (Wildman–Crippen MR) is 83.5 cm³/mol. The lowest BCUT2D eigenvalue weighted by Gasteiger charge is -2.32. The Bertz CT molecular complexity index is 415. The fraction of sp³-hybridized carbons (Fsp3) is 0.529. The van der Waals surface area contributed by atoms with Gasteiger partial charge in [0.25, 0.3) is 0 Å². The van der Waals surface area contributed by atoms with Crippen molar-refractivity contribution in [3.8, 4) is 0 Å². The minimum atomic E-state index is 0.342. The third-order valence-corrected chi connectivity index (χ3v) is 3.79. The number of nitrogens with one attached hydrogen (secondary N) is 1. The van der Waals surface area contributed by atoms with Crippen LogP contribution in [0.5, 0.6) is 0 Å². The molecular formula is C17H26N2. The first-order chi connectivity index (χ1) is 9.05. The van der Waals surface area contributed by atoms with Gasteiger partial charge >= 0.3 is 0 Å². The fourth-order valence-electron chi connectivity index (χ4n) is 2.51. The summed E-state index contributed by atoms with van der Waals surface area (Å²) in [6, 6.07) is 10.4. The molecule has 0 saturated carbocycles. The largest absolute Gasteiger partial charge is 0.384 e. The van der Waals surface area contributed by atoms with Crippen molar-refractivity contribution in [2.45, 2.75) is 27.2 Å². The molecule has 0 radical (unpaired) electrons. The van der Waals surface area contributed by atoms with Crippen molar-refractivity contribution in [1.29, 1.82) is 0 Å². The number of benzene rings is 1. The zero-order valence-corrected chi connectivity index (χ0v) is 12.4. The zero-order chi connectivity index (χ0) is 13.7. The van der Waals surface area contributed by atoms with Crippen molar-refractivity contribution in [1.82, 2.24) is 4.90 Å². The van der Waals surface area contributed by atoms with E-state index in [1.807, 2.05) is 0 Å². The number of hydrogen-bond acceptors (Lipinski definition) is 2. The first-order valence-electron chi connectivity index (χ1n) is 7.26. The molecule has 1 aromatic carbocycles. The maximum Gasteiger partial charge on any atom is 0.0340 e. The molecule has 2 rings (SSSR count). The first kappa shape index (κ1) is 14.1. The highest BCUT2D eigenvalue weighted by Gasteiger charge is 2.20. The molecule has 1 N–H and O–H groups in total. The highest BCUT2D eigenvalue weighted by atomic mass is 15.1. The molecule has 0 spiro atoms. The summed E-state index contributed by atoms with van der Waals surface area (Å²) in [4.78, 5) is 2.52. The van der Waals surface area contributed by atoms with Crippen LogP contribution in [-0.2, 0) is 0 Å². The molecule has 0 bridgehead atoms. The maximum atomic E-state index is 3.47. The van der Waals surface area contributed by atoms with E-state index in [2.05, 4.69) is 67.4 Å². The van der Waals surface area contributed by atoms with E-state index in [9.17, 15) is 0 Å². The lowest BCUT2D eigenvalue weighted by Crippen LogP contribution is -2.34. The molecule has 104 valence electrons. The van der Waals surface area contributed by atoms with Crippen molar-refractivity contribution >= 4 is 5.69 Å². The van der Waals surface area contributed by atoms with Crippen molar-refractivity contribution in [3.05, 3.63) is 42.0 Å². The molecule has 1 aliphatic heterocycles. The topological polar surface area (TPSA) is 15.3 Å². The van der Waals surface area contributed by atoms with Crippen molar-refractivity contribution in [2.24, 2.45) is 5.41 Å². The summed E-state index contributed by atoms with van der Waals surface area (Å²) in [6.07, 6.45) is 3.64. The van der Waals surface area contributed by atoms with Crippen molar-refractivity contribution in [3.63, 3.8) is 0 Å². The van der Waals surface area contributed by atoms with Crippen molar-refractivity contribution < 1.29 is 0 Å². The van der Waals surface area contributed by atoms with Crippen LogP contribution in [0.3, 0.4) is 0 Å². The molecule has 0 saturated heterocycles. The summed E-state index contributed by atoms with van der Waals surface area (Å²) < 4.78 is 0. The summed E-state index contributed by atoms with van der Waals surface area (Å²) in [5, 5.41) is 3.47. The van der Waals surface area contributed by atoms with Gasteiger partial charge in [0.2, 0.25) is 0 Å². The second-order valence-corrected chi connectivity index (χ2v) is 6.32. The Balaban J connectivity index is 1.73. The van der Waals surface area contributed by atoms with Gasteiger partial charge in [-0.15, -0.1) is 0 Å². The van der Waals surface area contributed by atoms with Gasteiger partial charge < -0.3 is 5.32 Å². The zero-order valence-electron chi connectivity index (χ0n) is 12.4. The lowest BCUT2D eigenvalue weighted by molar-refractivity contribution is 0.288. The molecule has 19 heavy (non-hydrogen) atoms.